The monoisotopic (exact) mass is 274 g/mol. The Morgan fingerprint density at radius 2 is 1.89 bits per heavy atom. The minimum atomic E-state index is -3.24. The molecule has 1 atom stereocenters. The van der Waals surface area contributed by atoms with Crippen LogP contribution in [0.25, 0.3) is 0 Å². The van der Waals surface area contributed by atoms with Crippen LogP contribution in [0.15, 0.2) is 0 Å². The summed E-state index contributed by atoms with van der Waals surface area (Å²) in [5, 5.41) is 0. The van der Waals surface area contributed by atoms with Gasteiger partial charge in [-0.15, -0.1) is 0 Å². The first-order valence-corrected chi connectivity index (χ1v) is 8.61. The van der Waals surface area contributed by atoms with E-state index in [0.29, 0.717) is 19.0 Å². The Hall–Kier alpha value is -0.130. The third-order valence-electron chi connectivity index (χ3n) is 3.83. The lowest BCUT2D eigenvalue weighted by Gasteiger charge is -2.37. The van der Waals surface area contributed by atoms with Crippen LogP contribution < -0.4 is 0 Å². The van der Waals surface area contributed by atoms with Gasteiger partial charge < -0.3 is 0 Å². The van der Waals surface area contributed by atoms with Crippen molar-refractivity contribution in [3.8, 4) is 0 Å². The zero-order chi connectivity index (χ0) is 13.3. The van der Waals surface area contributed by atoms with Gasteiger partial charge in [-0.1, -0.05) is 20.3 Å². The maximum atomic E-state index is 12.8. The van der Waals surface area contributed by atoms with Crippen molar-refractivity contribution in [2.45, 2.75) is 65.0 Å². The fourth-order valence-electron chi connectivity index (χ4n) is 2.70. The van der Waals surface area contributed by atoms with Crippen molar-refractivity contribution in [2.24, 2.45) is 5.92 Å². The predicted molar refractivity (Wildman–Crippen MR) is 73.5 cm³/mol. The van der Waals surface area contributed by atoms with Gasteiger partial charge in [-0.2, -0.15) is 17.0 Å². The van der Waals surface area contributed by atoms with Crippen LogP contribution in [0, 0.1) is 5.92 Å². The van der Waals surface area contributed by atoms with Gasteiger partial charge in [-0.3, -0.25) is 0 Å². The van der Waals surface area contributed by atoms with Gasteiger partial charge in [-0.25, -0.2) is 0 Å². The summed E-state index contributed by atoms with van der Waals surface area (Å²) in [6.07, 6.45) is 5.23. The number of rotatable bonds is 5. The quantitative estimate of drug-likeness (QED) is 0.771. The molecule has 1 unspecified atom stereocenters. The van der Waals surface area contributed by atoms with Crippen molar-refractivity contribution in [2.75, 3.05) is 13.1 Å². The molecule has 0 bridgehead atoms. The number of nitrogens with zero attached hydrogens (tertiary/aromatic N) is 2. The van der Waals surface area contributed by atoms with E-state index in [-0.39, 0.29) is 12.1 Å². The molecule has 0 radical (unpaired) electrons. The topological polar surface area (TPSA) is 40.6 Å². The fraction of sp³-hybridized carbons (Fsp3) is 1.00. The van der Waals surface area contributed by atoms with Crippen molar-refractivity contribution in [1.29, 1.82) is 0 Å². The molecule has 1 saturated heterocycles. The third kappa shape index (κ3) is 3.06. The Bertz CT molecular complexity index is 376. The summed E-state index contributed by atoms with van der Waals surface area (Å²) in [6, 6.07) is 0.434. The summed E-state index contributed by atoms with van der Waals surface area (Å²) in [7, 11) is -3.24. The van der Waals surface area contributed by atoms with Crippen molar-refractivity contribution in [3.63, 3.8) is 0 Å². The van der Waals surface area contributed by atoms with Gasteiger partial charge in [-0.05, 0) is 38.5 Å². The molecule has 2 rings (SSSR count). The maximum Gasteiger partial charge on any atom is 0.282 e. The van der Waals surface area contributed by atoms with Crippen LogP contribution in [0.3, 0.4) is 0 Å². The van der Waals surface area contributed by atoms with Gasteiger partial charge in [0.1, 0.15) is 0 Å². The summed E-state index contributed by atoms with van der Waals surface area (Å²) in [5.74, 6) is 0.389. The van der Waals surface area contributed by atoms with E-state index in [1.165, 1.54) is 0 Å². The molecule has 1 saturated carbocycles. The minimum Gasteiger partial charge on any atom is -0.195 e. The summed E-state index contributed by atoms with van der Waals surface area (Å²) in [6.45, 7) is 7.58. The first-order chi connectivity index (χ1) is 8.43. The van der Waals surface area contributed by atoms with E-state index in [1.807, 2.05) is 6.92 Å². The first-order valence-electron chi connectivity index (χ1n) is 7.21. The summed E-state index contributed by atoms with van der Waals surface area (Å²) in [4.78, 5) is 0. The van der Waals surface area contributed by atoms with E-state index < -0.39 is 10.2 Å². The van der Waals surface area contributed by atoms with Gasteiger partial charge in [0, 0.05) is 25.2 Å². The molecule has 0 N–H and O–H groups in total. The van der Waals surface area contributed by atoms with Crippen LogP contribution >= 0.6 is 0 Å². The lowest BCUT2D eigenvalue weighted by molar-refractivity contribution is 0.236. The summed E-state index contributed by atoms with van der Waals surface area (Å²) < 4.78 is 29.0. The molecule has 0 aromatic heterocycles. The normalized spacial score (nSPS) is 27.1. The second-order valence-corrected chi connectivity index (χ2v) is 7.99. The van der Waals surface area contributed by atoms with Gasteiger partial charge in [0.25, 0.3) is 10.2 Å². The second-order valence-electron chi connectivity index (χ2n) is 6.16. The average Bonchev–Trinajstić information content (AvgIpc) is 3.09. The highest BCUT2D eigenvalue weighted by atomic mass is 32.2. The SMILES string of the molecule is CC(C)CN(C1CC1)S(=O)(=O)N1CCCCC1C. The highest BCUT2D eigenvalue weighted by molar-refractivity contribution is 7.86. The smallest absolute Gasteiger partial charge is 0.195 e. The van der Waals surface area contributed by atoms with E-state index in [0.717, 1.165) is 32.1 Å². The van der Waals surface area contributed by atoms with Crippen LogP contribution in [0.1, 0.15) is 52.9 Å². The van der Waals surface area contributed by atoms with Crippen molar-refractivity contribution in [3.05, 3.63) is 0 Å². The molecule has 2 fully saturated rings. The van der Waals surface area contributed by atoms with Gasteiger partial charge in [0.2, 0.25) is 0 Å². The molecular formula is C13H26N2O2S. The van der Waals surface area contributed by atoms with Crippen LogP contribution in [0.4, 0.5) is 0 Å². The molecule has 1 aliphatic heterocycles. The number of piperidine rings is 1. The van der Waals surface area contributed by atoms with Crippen LogP contribution in [-0.2, 0) is 10.2 Å². The predicted octanol–water partition coefficient (Wildman–Crippen LogP) is 2.23. The minimum absolute atomic E-state index is 0.164. The summed E-state index contributed by atoms with van der Waals surface area (Å²) in [5.41, 5.74) is 0. The van der Waals surface area contributed by atoms with Crippen LogP contribution in [0.2, 0.25) is 0 Å². The zero-order valence-electron chi connectivity index (χ0n) is 11.8. The van der Waals surface area contributed by atoms with Crippen molar-refractivity contribution in [1.82, 2.24) is 8.61 Å². The largest absolute Gasteiger partial charge is 0.282 e. The first kappa shape index (κ1) is 14.3. The van der Waals surface area contributed by atoms with Crippen molar-refractivity contribution >= 4 is 10.2 Å². The standard InChI is InChI=1S/C13H26N2O2S/c1-11(2)10-15(13-7-8-13)18(16,17)14-9-5-4-6-12(14)3/h11-13H,4-10H2,1-3H3. The Labute approximate surface area is 112 Å². The molecule has 0 aromatic rings. The van der Waals surface area contributed by atoms with Gasteiger partial charge in [0.15, 0.2) is 0 Å². The Morgan fingerprint density at radius 3 is 2.39 bits per heavy atom. The summed E-state index contributed by atoms with van der Waals surface area (Å²) >= 11 is 0. The lowest BCUT2D eigenvalue weighted by Crippen LogP contribution is -2.51. The Balaban J connectivity index is 2.15. The molecule has 18 heavy (non-hydrogen) atoms. The fourth-order valence-corrected chi connectivity index (χ4v) is 4.97. The molecule has 1 heterocycles. The molecule has 2 aliphatic rings. The van der Waals surface area contributed by atoms with Crippen LogP contribution in [0.5, 0.6) is 0 Å². The Morgan fingerprint density at radius 1 is 1.22 bits per heavy atom. The molecule has 0 aromatic carbocycles. The van der Waals surface area contributed by atoms with Crippen LogP contribution in [-0.4, -0.2) is 42.2 Å². The molecule has 0 spiro atoms. The van der Waals surface area contributed by atoms with E-state index in [1.54, 1.807) is 8.61 Å². The number of hydrogen-bond acceptors (Lipinski definition) is 2. The molecular weight excluding hydrogens is 248 g/mol. The third-order valence-corrected chi connectivity index (χ3v) is 6.01. The average molecular weight is 274 g/mol. The highest BCUT2D eigenvalue weighted by Gasteiger charge is 2.42. The highest BCUT2D eigenvalue weighted by Crippen LogP contribution is 2.33. The molecule has 5 heteroatoms. The second kappa shape index (κ2) is 5.47. The molecule has 1 aliphatic carbocycles. The van der Waals surface area contributed by atoms with E-state index in [2.05, 4.69) is 13.8 Å². The molecule has 4 nitrogen and oxygen atoms in total. The Kier molecular flexibility index (Phi) is 4.34. The van der Waals surface area contributed by atoms with E-state index >= 15 is 0 Å². The maximum absolute atomic E-state index is 12.8. The van der Waals surface area contributed by atoms with E-state index in [4.69, 9.17) is 0 Å². The zero-order valence-corrected chi connectivity index (χ0v) is 12.6. The number of hydrogen-bond donors (Lipinski definition) is 0. The van der Waals surface area contributed by atoms with Crippen molar-refractivity contribution < 1.29 is 8.42 Å². The lowest BCUT2D eigenvalue weighted by atomic mass is 10.1. The van der Waals surface area contributed by atoms with Gasteiger partial charge >= 0.3 is 0 Å². The molecule has 106 valence electrons. The van der Waals surface area contributed by atoms with E-state index in [9.17, 15) is 8.42 Å². The van der Waals surface area contributed by atoms with Gasteiger partial charge in [0.05, 0.1) is 0 Å². The molecule has 0 amide bonds.